The van der Waals surface area contributed by atoms with E-state index in [0.717, 1.165) is 49.3 Å². The van der Waals surface area contributed by atoms with Crippen molar-refractivity contribution in [3.05, 3.63) is 24.5 Å². The molecule has 8 nitrogen and oxygen atoms in total. The van der Waals surface area contributed by atoms with E-state index in [9.17, 15) is 0 Å². The van der Waals surface area contributed by atoms with E-state index in [4.69, 9.17) is 21.9 Å². The van der Waals surface area contributed by atoms with Gasteiger partial charge in [0.05, 0.1) is 6.10 Å². The molecule has 0 aromatic carbocycles. The lowest BCUT2D eigenvalue weighted by molar-refractivity contribution is 0.114. The maximum atomic E-state index is 5.64. The van der Waals surface area contributed by atoms with E-state index < -0.39 is 0 Å². The highest BCUT2D eigenvalue weighted by molar-refractivity contribution is 7.99. The number of thiocarbonyl (C=S) groups is 1. The number of piperidine rings is 1. The van der Waals surface area contributed by atoms with Gasteiger partial charge in [-0.3, -0.25) is 0 Å². The van der Waals surface area contributed by atoms with E-state index >= 15 is 0 Å². The van der Waals surface area contributed by atoms with Crippen molar-refractivity contribution in [2.75, 3.05) is 36.5 Å². The van der Waals surface area contributed by atoms with Gasteiger partial charge in [0.1, 0.15) is 10.8 Å². The number of anilines is 2. The highest BCUT2D eigenvalue weighted by Crippen LogP contribution is 2.28. The number of hydrogen-bond donors (Lipinski definition) is 2. The number of nitrogens with zero attached hydrogens (tertiary/aromatic N) is 5. The van der Waals surface area contributed by atoms with E-state index in [0.29, 0.717) is 22.8 Å². The normalized spacial score (nSPS) is 19.6. The molecule has 0 saturated carbocycles. The zero-order chi connectivity index (χ0) is 20.8. The number of aromatic nitrogens is 4. The first-order valence-electron chi connectivity index (χ1n) is 10.4. The van der Waals surface area contributed by atoms with Crippen LogP contribution in [0, 0.1) is 5.92 Å². The lowest BCUT2D eigenvalue weighted by Gasteiger charge is -2.31. The highest BCUT2D eigenvalue weighted by Gasteiger charge is 2.20. The van der Waals surface area contributed by atoms with Gasteiger partial charge in [-0.2, -0.15) is 4.98 Å². The maximum absolute atomic E-state index is 5.64. The standard InChI is InChI=1S/C20H27N7OS2/c1-14-5-9-27(10-6-14)16-12-17(30-20-21-7-3-8-22-20)25-18(24-16)26-19(29)23-13-15-4-2-11-28-15/h3,7-8,12,14-15H,2,4-6,9-11,13H2,1H3,(H2,23,24,25,26,29). The minimum Gasteiger partial charge on any atom is -0.376 e. The fourth-order valence-corrected chi connectivity index (χ4v) is 4.40. The second-order valence-electron chi connectivity index (χ2n) is 7.66. The molecule has 2 N–H and O–H groups in total. The quantitative estimate of drug-likeness (QED) is 0.393. The van der Waals surface area contributed by atoms with Gasteiger partial charge in [0.2, 0.25) is 5.95 Å². The van der Waals surface area contributed by atoms with Gasteiger partial charge in [-0.25, -0.2) is 15.0 Å². The first-order valence-corrected chi connectivity index (χ1v) is 11.6. The highest BCUT2D eigenvalue weighted by atomic mass is 32.2. The molecule has 0 spiro atoms. The van der Waals surface area contributed by atoms with Crippen LogP contribution in [0.5, 0.6) is 0 Å². The summed E-state index contributed by atoms with van der Waals surface area (Å²) in [5.74, 6) is 2.14. The molecule has 30 heavy (non-hydrogen) atoms. The van der Waals surface area contributed by atoms with Crippen LogP contribution in [0.25, 0.3) is 0 Å². The van der Waals surface area contributed by atoms with Gasteiger partial charge in [0, 0.05) is 44.7 Å². The molecule has 2 saturated heterocycles. The number of hydrogen-bond acceptors (Lipinski definition) is 8. The number of rotatable bonds is 6. The molecule has 2 aliphatic heterocycles. The van der Waals surface area contributed by atoms with Gasteiger partial charge < -0.3 is 20.3 Å². The summed E-state index contributed by atoms with van der Waals surface area (Å²) >= 11 is 6.87. The minimum atomic E-state index is 0.216. The van der Waals surface area contributed by atoms with Crippen molar-refractivity contribution in [1.82, 2.24) is 25.3 Å². The number of nitrogens with one attached hydrogen (secondary N) is 2. The zero-order valence-corrected chi connectivity index (χ0v) is 18.7. The molecule has 4 heterocycles. The Kier molecular flexibility index (Phi) is 7.29. The molecule has 0 amide bonds. The van der Waals surface area contributed by atoms with Gasteiger partial charge in [0.15, 0.2) is 10.3 Å². The fourth-order valence-electron chi connectivity index (χ4n) is 3.51. The predicted octanol–water partition coefficient (Wildman–Crippen LogP) is 3.12. The Morgan fingerprint density at radius 1 is 1.23 bits per heavy atom. The molecule has 0 bridgehead atoms. The van der Waals surface area contributed by atoms with E-state index in [1.165, 1.54) is 24.6 Å². The summed E-state index contributed by atoms with van der Waals surface area (Å²) in [4.78, 5) is 20.3. The van der Waals surface area contributed by atoms with Crippen LogP contribution in [-0.4, -0.2) is 57.4 Å². The molecule has 2 aromatic heterocycles. The van der Waals surface area contributed by atoms with Gasteiger partial charge in [-0.15, -0.1) is 0 Å². The Bertz CT molecular complexity index is 840. The summed E-state index contributed by atoms with van der Waals surface area (Å²) in [5.41, 5.74) is 0. The van der Waals surface area contributed by atoms with Crippen LogP contribution in [0.3, 0.4) is 0 Å². The lowest BCUT2D eigenvalue weighted by atomic mass is 9.99. The van der Waals surface area contributed by atoms with Gasteiger partial charge >= 0.3 is 0 Å². The summed E-state index contributed by atoms with van der Waals surface area (Å²) in [6.07, 6.45) is 8.17. The summed E-state index contributed by atoms with van der Waals surface area (Å²) in [6, 6.07) is 3.81. The first-order chi connectivity index (χ1) is 14.7. The van der Waals surface area contributed by atoms with Crippen LogP contribution in [-0.2, 0) is 4.74 Å². The Morgan fingerprint density at radius 3 is 2.77 bits per heavy atom. The smallest absolute Gasteiger partial charge is 0.232 e. The number of ether oxygens (including phenoxy) is 1. The van der Waals surface area contributed by atoms with Crippen molar-refractivity contribution < 1.29 is 4.74 Å². The molecular weight excluding hydrogens is 418 g/mol. The largest absolute Gasteiger partial charge is 0.376 e. The third kappa shape index (κ3) is 5.99. The van der Waals surface area contributed by atoms with Crippen molar-refractivity contribution in [2.45, 2.75) is 48.9 Å². The fraction of sp³-hybridized carbons (Fsp3) is 0.550. The second-order valence-corrected chi connectivity index (χ2v) is 9.06. The van der Waals surface area contributed by atoms with Crippen LogP contribution in [0.1, 0.15) is 32.6 Å². The summed E-state index contributed by atoms with van der Waals surface area (Å²) in [6.45, 7) is 5.80. The Balaban J connectivity index is 1.48. The molecule has 0 radical (unpaired) electrons. The van der Waals surface area contributed by atoms with Gasteiger partial charge in [-0.1, -0.05) is 6.92 Å². The molecule has 0 aliphatic carbocycles. The summed E-state index contributed by atoms with van der Waals surface area (Å²) < 4.78 is 5.64. The predicted molar refractivity (Wildman–Crippen MR) is 122 cm³/mol. The Hall–Kier alpha value is -2.04. The molecule has 2 fully saturated rings. The van der Waals surface area contributed by atoms with Crippen LogP contribution < -0.4 is 15.5 Å². The molecule has 160 valence electrons. The zero-order valence-electron chi connectivity index (χ0n) is 17.1. The molecule has 4 rings (SSSR count). The van der Waals surface area contributed by atoms with Crippen LogP contribution in [0.15, 0.2) is 34.7 Å². The van der Waals surface area contributed by atoms with Crippen molar-refractivity contribution in [3.8, 4) is 0 Å². The molecule has 1 atom stereocenters. The van der Waals surface area contributed by atoms with E-state index in [1.807, 2.05) is 6.07 Å². The van der Waals surface area contributed by atoms with E-state index in [-0.39, 0.29) is 6.10 Å². The Morgan fingerprint density at radius 2 is 2.03 bits per heavy atom. The lowest BCUT2D eigenvalue weighted by Crippen LogP contribution is -2.36. The van der Waals surface area contributed by atoms with Gasteiger partial charge in [0.25, 0.3) is 0 Å². The van der Waals surface area contributed by atoms with Crippen molar-refractivity contribution in [2.24, 2.45) is 5.92 Å². The SMILES string of the molecule is CC1CCN(c2cc(Sc3ncccn3)nc(NC(=S)NCC3CCCO3)n2)CC1. The average Bonchev–Trinajstić information content (AvgIpc) is 3.27. The second kappa shape index (κ2) is 10.3. The topological polar surface area (TPSA) is 88.1 Å². The van der Waals surface area contributed by atoms with E-state index in [2.05, 4.69) is 37.4 Å². The summed E-state index contributed by atoms with van der Waals surface area (Å²) in [5, 5.41) is 8.30. The molecule has 1 unspecified atom stereocenters. The van der Waals surface area contributed by atoms with Crippen molar-refractivity contribution >= 4 is 40.9 Å². The molecule has 2 aliphatic rings. The average molecular weight is 446 g/mol. The Labute approximate surface area is 186 Å². The van der Waals surface area contributed by atoms with Gasteiger partial charge in [-0.05, 0) is 61.6 Å². The van der Waals surface area contributed by atoms with Crippen LogP contribution in [0.4, 0.5) is 11.8 Å². The van der Waals surface area contributed by atoms with Crippen molar-refractivity contribution in [3.63, 3.8) is 0 Å². The first kappa shape index (κ1) is 21.2. The third-order valence-electron chi connectivity index (χ3n) is 5.27. The third-order valence-corrected chi connectivity index (χ3v) is 6.33. The van der Waals surface area contributed by atoms with E-state index in [1.54, 1.807) is 18.5 Å². The molecule has 2 aromatic rings. The molecular formula is C20H27N7OS2. The van der Waals surface area contributed by atoms with Crippen LogP contribution >= 0.6 is 24.0 Å². The van der Waals surface area contributed by atoms with Crippen molar-refractivity contribution in [1.29, 1.82) is 0 Å². The molecule has 10 heteroatoms. The minimum absolute atomic E-state index is 0.216. The van der Waals surface area contributed by atoms with Crippen LogP contribution in [0.2, 0.25) is 0 Å². The maximum Gasteiger partial charge on any atom is 0.232 e. The summed E-state index contributed by atoms with van der Waals surface area (Å²) in [7, 11) is 0. The monoisotopic (exact) mass is 445 g/mol.